The molecule has 1 aromatic heterocycles. The predicted molar refractivity (Wildman–Crippen MR) is 158 cm³/mol. The molecule has 1 aliphatic heterocycles. The average molecular weight is 562 g/mol. The third-order valence-corrected chi connectivity index (χ3v) is 6.62. The fraction of sp³-hybridized carbons (Fsp3) is 0.310. The van der Waals surface area contributed by atoms with Crippen LogP contribution in [-0.2, 0) is 9.63 Å². The highest BCUT2D eigenvalue weighted by Gasteiger charge is 2.30. The number of amides is 1. The molecule has 12 nitrogen and oxygen atoms in total. The fourth-order valence-electron chi connectivity index (χ4n) is 4.46. The van der Waals surface area contributed by atoms with E-state index in [2.05, 4.69) is 32.1 Å². The Bertz CT molecular complexity index is 1410. The molecular weight excluding hydrogens is 526 g/mol. The minimum atomic E-state index is -0.988. The molecule has 1 atom stereocenters. The number of ether oxygens (including phenoxy) is 1. The summed E-state index contributed by atoms with van der Waals surface area (Å²) >= 11 is 0. The maximum absolute atomic E-state index is 12.3. The highest BCUT2D eigenvalue weighted by Crippen LogP contribution is 2.39. The molecule has 1 fully saturated rings. The molecule has 4 rings (SSSR count). The summed E-state index contributed by atoms with van der Waals surface area (Å²) in [6.45, 7) is 5.57. The maximum atomic E-state index is 12.3. The van der Waals surface area contributed by atoms with Crippen molar-refractivity contribution >= 4 is 40.6 Å². The Morgan fingerprint density at radius 1 is 1.17 bits per heavy atom. The lowest BCUT2D eigenvalue weighted by atomic mass is 10.0. The first-order valence-electron chi connectivity index (χ1n) is 13.1. The molecule has 1 aliphatic rings. The zero-order valence-corrected chi connectivity index (χ0v) is 23.6. The number of hydroxylamine groups is 1. The van der Waals surface area contributed by atoms with E-state index in [1.54, 1.807) is 42.5 Å². The molecular formula is C29H35N7O5. The minimum Gasteiger partial charge on any atom is -0.494 e. The Balaban J connectivity index is 1.64. The number of rotatable bonds is 12. The topological polar surface area (TPSA) is 132 Å². The van der Waals surface area contributed by atoms with Crippen LogP contribution in [0.1, 0.15) is 28.4 Å². The molecule has 0 spiro atoms. The molecule has 1 saturated heterocycles. The lowest BCUT2D eigenvalue weighted by molar-refractivity contribution is -0.111. The second-order valence-electron chi connectivity index (χ2n) is 9.77. The Labute approximate surface area is 239 Å². The summed E-state index contributed by atoms with van der Waals surface area (Å²) in [5, 5.41) is 17.2. The first-order chi connectivity index (χ1) is 19.7. The Morgan fingerprint density at radius 2 is 1.98 bits per heavy atom. The van der Waals surface area contributed by atoms with Gasteiger partial charge in [-0.15, -0.1) is 0 Å². The van der Waals surface area contributed by atoms with Crippen LogP contribution >= 0.6 is 0 Å². The van der Waals surface area contributed by atoms with E-state index in [-0.39, 0.29) is 17.5 Å². The number of likely N-dealkylation sites (N-methyl/N-ethyl adjacent to an activating group) is 2. The lowest BCUT2D eigenvalue weighted by Crippen LogP contribution is -2.29. The monoisotopic (exact) mass is 561 g/mol. The van der Waals surface area contributed by atoms with Crippen molar-refractivity contribution in [2.75, 3.05) is 68.5 Å². The summed E-state index contributed by atoms with van der Waals surface area (Å²) in [5.41, 5.74) is 2.96. The summed E-state index contributed by atoms with van der Waals surface area (Å²) in [6, 6.07) is 12.0. The summed E-state index contributed by atoms with van der Waals surface area (Å²) in [4.78, 5) is 42.5. The van der Waals surface area contributed by atoms with E-state index in [4.69, 9.17) is 9.57 Å². The van der Waals surface area contributed by atoms with Crippen LogP contribution in [0.3, 0.4) is 0 Å². The number of carbonyl (C=O) groups excluding carboxylic acids is 1. The third kappa shape index (κ3) is 7.10. The highest BCUT2D eigenvalue weighted by atomic mass is 16.7. The Hall–Kier alpha value is -4.68. The molecule has 2 heterocycles. The van der Waals surface area contributed by atoms with Gasteiger partial charge in [0, 0.05) is 38.7 Å². The van der Waals surface area contributed by atoms with E-state index < -0.39 is 5.97 Å². The molecule has 3 N–H and O–H groups in total. The van der Waals surface area contributed by atoms with Crippen molar-refractivity contribution in [2.45, 2.75) is 12.5 Å². The van der Waals surface area contributed by atoms with Crippen molar-refractivity contribution in [1.82, 2.24) is 14.9 Å². The van der Waals surface area contributed by atoms with Gasteiger partial charge in [0.05, 0.1) is 42.4 Å². The third-order valence-electron chi connectivity index (χ3n) is 6.62. The van der Waals surface area contributed by atoms with Gasteiger partial charge < -0.3 is 30.3 Å². The number of carboxylic acids is 1. The van der Waals surface area contributed by atoms with Gasteiger partial charge in [-0.3, -0.25) is 9.63 Å². The zero-order valence-electron chi connectivity index (χ0n) is 23.6. The molecule has 0 aliphatic carbocycles. The standard InChI is InChI=1S/C29H35N7O5/c1-6-28(37)33-21-15-22(25(40-5)16-24(21)35(4)12-11-34(2)3)32-26-17-27(31-18-30-26)36-23(10-13-41-36)19-8-7-9-20(14-19)29(38)39/h6-9,14-18,23H,1,10-13H2,2-5H3,(H,33,37)(H,38,39)(H,30,31,32). The van der Waals surface area contributed by atoms with Gasteiger partial charge in [-0.25, -0.2) is 19.8 Å². The van der Waals surface area contributed by atoms with Gasteiger partial charge >= 0.3 is 5.97 Å². The van der Waals surface area contributed by atoms with Crippen molar-refractivity contribution in [2.24, 2.45) is 0 Å². The number of benzene rings is 2. The van der Waals surface area contributed by atoms with E-state index in [1.165, 1.54) is 12.4 Å². The van der Waals surface area contributed by atoms with E-state index >= 15 is 0 Å². The summed E-state index contributed by atoms with van der Waals surface area (Å²) in [7, 11) is 7.52. The predicted octanol–water partition coefficient (Wildman–Crippen LogP) is 3.93. The van der Waals surface area contributed by atoms with E-state index in [9.17, 15) is 14.7 Å². The molecule has 1 amide bonds. The minimum absolute atomic E-state index is 0.210. The number of carboxylic acid groups (broad SMARTS) is 1. The van der Waals surface area contributed by atoms with E-state index in [1.807, 2.05) is 38.2 Å². The molecule has 12 heteroatoms. The average Bonchev–Trinajstić information content (AvgIpc) is 3.46. The first-order valence-corrected chi connectivity index (χ1v) is 13.1. The van der Waals surface area contributed by atoms with Crippen LogP contribution in [0.15, 0.2) is 61.4 Å². The number of aromatic nitrogens is 2. The summed E-state index contributed by atoms with van der Waals surface area (Å²) in [5.74, 6) is 0.200. The largest absolute Gasteiger partial charge is 0.494 e. The van der Waals surface area contributed by atoms with Crippen LogP contribution in [0.4, 0.5) is 28.7 Å². The number of nitrogens with one attached hydrogen (secondary N) is 2. The van der Waals surface area contributed by atoms with Crippen molar-refractivity contribution < 1.29 is 24.3 Å². The second-order valence-corrected chi connectivity index (χ2v) is 9.77. The zero-order chi connectivity index (χ0) is 29.5. The van der Waals surface area contributed by atoms with Crippen LogP contribution in [0.2, 0.25) is 0 Å². The smallest absolute Gasteiger partial charge is 0.335 e. The normalized spacial score (nSPS) is 14.6. The van der Waals surface area contributed by atoms with Crippen LogP contribution in [-0.4, -0.2) is 79.8 Å². The van der Waals surface area contributed by atoms with Gasteiger partial charge in [0.1, 0.15) is 17.9 Å². The van der Waals surface area contributed by atoms with Crippen molar-refractivity contribution in [3.63, 3.8) is 0 Å². The SMILES string of the molecule is C=CC(=O)Nc1cc(Nc2cc(N3OCCC3c3cccc(C(=O)O)c3)ncn2)c(OC)cc1N(C)CCN(C)C. The van der Waals surface area contributed by atoms with Crippen molar-refractivity contribution in [3.05, 3.63) is 72.6 Å². The molecule has 1 unspecified atom stereocenters. The van der Waals surface area contributed by atoms with Crippen LogP contribution < -0.4 is 25.3 Å². The van der Waals surface area contributed by atoms with E-state index in [0.29, 0.717) is 41.8 Å². The van der Waals surface area contributed by atoms with Crippen LogP contribution in [0, 0.1) is 0 Å². The molecule has 0 bridgehead atoms. The van der Waals surface area contributed by atoms with Crippen LogP contribution in [0.5, 0.6) is 5.75 Å². The molecule has 3 aromatic rings. The molecule has 2 aromatic carbocycles. The molecule has 216 valence electrons. The maximum Gasteiger partial charge on any atom is 0.335 e. The first kappa shape index (κ1) is 29.3. The fourth-order valence-corrected chi connectivity index (χ4v) is 4.46. The van der Waals surface area contributed by atoms with Crippen molar-refractivity contribution in [3.8, 4) is 5.75 Å². The van der Waals surface area contributed by atoms with E-state index in [0.717, 1.165) is 24.3 Å². The Morgan fingerprint density at radius 3 is 2.68 bits per heavy atom. The van der Waals surface area contributed by atoms with Gasteiger partial charge in [0.15, 0.2) is 5.82 Å². The molecule has 0 saturated carbocycles. The second kappa shape index (κ2) is 13.1. The number of hydrogen-bond donors (Lipinski definition) is 3. The molecule has 0 radical (unpaired) electrons. The Kier molecular flexibility index (Phi) is 9.37. The number of aromatic carboxylic acids is 1. The van der Waals surface area contributed by atoms with Gasteiger partial charge in [-0.1, -0.05) is 18.7 Å². The highest BCUT2D eigenvalue weighted by molar-refractivity contribution is 6.02. The van der Waals surface area contributed by atoms with Crippen LogP contribution in [0.25, 0.3) is 0 Å². The van der Waals surface area contributed by atoms with Gasteiger partial charge in [0.25, 0.3) is 0 Å². The van der Waals surface area contributed by atoms with Gasteiger partial charge in [-0.05, 0) is 43.9 Å². The number of hydrogen-bond acceptors (Lipinski definition) is 10. The number of nitrogens with zero attached hydrogens (tertiary/aromatic N) is 5. The number of methoxy groups -OCH3 is 1. The summed E-state index contributed by atoms with van der Waals surface area (Å²) in [6.07, 6.45) is 3.30. The molecule has 41 heavy (non-hydrogen) atoms. The van der Waals surface area contributed by atoms with Crippen molar-refractivity contribution in [1.29, 1.82) is 0 Å². The quantitative estimate of drug-likeness (QED) is 0.278. The van der Waals surface area contributed by atoms with Gasteiger partial charge in [-0.2, -0.15) is 0 Å². The summed E-state index contributed by atoms with van der Waals surface area (Å²) < 4.78 is 5.70. The number of anilines is 5. The lowest BCUT2D eigenvalue weighted by Gasteiger charge is -2.26. The van der Waals surface area contributed by atoms with Gasteiger partial charge in [0.2, 0.25) is 5.91 Å². The number of carbonyl (C=O) groups is 2.